The standard InChI is InChI=1S/C19H33N5O3S.HI/c1-4-20-19(22-10-8-18-7-5-6-9-21-18)23-11-13-24(14-12-23)28(25,26)16-15-27-17(2)3;/h5-7,9,17H,4,8,10-16H2,1-3H3,(H,20,22);1H. The summed E-state index contributed by atoms with van der Waals surface area (Å²) in [4.78, 5) is 11.1. The van der Waals surface area contributed by atoms with Gasteiger partial charge in [0.15, 0.2) is 5.96 Å². The van der Waals surface area contributed by atoms with Crippen molar-refractivity contribution in [3.8, 4) is 0 Å². The average molecular weight is 539 g/mol. The summed E-state index contributed by atoms with van der Waals surface area (Å²) < 4.78 is 31.9. The lowest BCUT2D eigenvalue weighted by atomic mass is 10.3. The minimum Gasteiger partial charge on any atom is -0.378 e. The Morgan fingerprint density at radius 1 is 1.28 bits per heavy atom. The molecule has 0 amide bonds. The number of piperazine rings is 1. The number of hydrogen-bond acceptors (Lipinski definition) is 5. The highest BCUT2D eigenvalue weighted by atomic mass is 127. The zero-order chi connectivity index (χ0) is 20.4. The predicted octanol–water partition coefficient (Wildman–Crippen LogP) is 1.58. The van der Waals surface area contributed by atoms with Crippen LogP contribution in [0.15, 0.2) is 29.4 Å². The van der Waals surface area contributed by atoms with Crippen LogP contribution in [-0.2, 0) is 21.2 Å². The van der Waals surface area contributed by atoms with Gasteiger partial charge in [-0.2, -0.15) is 4.31 Å². The molecule has 166 valence electrons. The topological polar surface area (TPSA) is 87.1 Å². The van der Waals surface area contributed by atoms with E-state index >= 15 is 0 Å². The zero-order valence-electron chi connectivity index (χ0n) is 17.6. The van der Waals surface area contributed by atoms with Gasteiger partial charge in [-0.15, -0.1) is 24.0 Å². The molecular formula is C19H34IN5O3S. The number of nitrogens with one attached hydrogen (secondary N) is 1. The lowest BCUT2D eigenvalue weighted by Crippen LogP contribution is -2.54. The van der Waals surface area contributed by atoms with Crippen LogP contribution in [0.3, 0.4) is 0 Å². The molecule has 1 aliphatic heterocycles. The lowest BCUT2D eigenvalue weighted by molar-refractivity contribution is 0.0904. The van der Waals surface area contributed by atoms with E-state index in [0.29, 0.717) is 32.7 Å². The molecule has 0 bridgehead atoms. The van der Waals surface area contributed by atoms with Crippen molar-refractivity contribution < 1.29 is 13.2 Å². The molecule has 1 saturated heterocycles. The molecule has 0 atom stereocenters. The van der Waals surface area contributed by atoms with Crippen molar-refractivity contribution in [3.05, 3.63) is 30.1 Å². The number of aromatic nitrogens is 1. The number of sulfonamides is 1. The van der Waals surface area contributed by atoms with Gasteiger partial charge in [-0.1, -0.05) is 6.07 Å². The van der Waals surface area contributed by atoms with Crippen LogP contribution in [0.5, 0.6) is 0 Å². The van der Waals surface area contributed by atoms with Crippen LogP contribution >= 0.6 is 24.0 Å². The van der Waals surface area contributed by atoms with Crippen LogP contribution in [0.4, 0.5) is 0 Å². The molecule has 1 aliphatic rings. The van der Waals surface area contributed by atoms with Gasteiger partial charge in [-0.05, 0) is 32.9 Å². The van der Waals surface area contributed by atoms with Gasteiger partial charge in [-0.3, -0.25) is 9.98 Å². The maximum atomic E-state index is 12.5. The molecule has 0 spiro atoms. The quantitative estimate of drug-likeness (QED) is 0.292. The number of ether oxygens (including phenoxy) is 1. The molecule has 1 fully saturated rings. The SMILES string of the molecule is CCNC(=NCCc1ccccn1)N1CCN(S(=O)(=O)CCOC(C)C)CC1.I. The molecule has 0 aliphatic carbocycles. The summed E-state index contributed by atoms with van der Waals surface area (Å²) in [6, 6.07) is 5.87. The van der Waals surface area contributed by atoms with Crippen LogP contribution in [0.2, 0.25) is 0 Å². The second-order valence-electron chi connectivity index (χ2n) is 6.93. The van der Waals surface area contributed by atoms with Crippen molar-refractivity contribution in [3.63, 3.8) is 0 Å². The summed E-state index contributed by atoms with van der Waals surface area (Å²) in [5, 5.41) is 3.31. The van der Waals surface area contributed by atoms with Gasteiger partial charge in [0.05, 0.1) is 18.5 Å². The van der Waals surface area contributed by atoms with Crippen LogP contribution < -0.4 is 5.32 Å². The van der Waals surface area contributed by atoms with Gasteiger partial charge in [0, 0.05) is 57.6 Å². The third kappa shape index (κ3) is 9.14. The summed E-state index contributed by atoms with van der Waals surface area (Å²) in [7, 11) is -3.28. The first kappa shape index (κ1) is 26.1. The zero-order valence-corrected chi connectivity index (χ0v) is 20.7. The second-order valence-corrected chi connectivity index (χ2v) is 9.02. The minimum absolute atomic E-state index is 0. The van der Waals surface area contributed by atoms with Crippen molar-refractivity contribution in [1.29, 1.82) is 0 Å². The highest BCUT2D eigenvalue weighted by Crippen LogP contribution is 2.09. The Hall–Kier alpha value is -0.980. The largest absolute Gasteiger partial charge is 0.378 e. The van der Waals surface area contributed by atoms with Crippen LogP contribution in [0.25, 0.3) is 0 Å². The lowest BCUT2D eigenvalue weighted by Gasteiger charge is -2.35. The Kier molecular flexibility index (Phi) is 12.0. The molecule has 1 aromatic rings. The van der Waals surface area contributed by atoms with Crippen molar-refractivity contribution in [2.45, 2.75) is 33.3 Å². The molecule has 0 saturated carbocycles. The molecule has 8 nitrogen and oxygen atoms in total. The summed E-state index contributed by atoms with van der Waals surface area (Å²) in [5.41, 5.74) is 1.02. The van der Waals surface area contributed by atoms with E-state index in [1.807, 2.05) is 39.0 Å². The van der Waals surface area contributed by atoms with E-state index in [2.05, 4.69) is 15.2 Å². The van der Waals surface area contributed by atoms with Crippen molar-refractivity contribution in [2.24, 2.45) is 4.99 Å². The molecule has 0 unspecified atom stereocenters. The van der Waals surface area contributed by atoms with Gasteiger partial charge < -0.3 is 15.0 Å². The van der Waals surface area contributed by atoms with E-state index in [0.717, 1.165) is 24.6 Å². The first-order valence-corrected chi connectivity index (χ1v) is 11.6. The van der Waals surface area contributed by atoms with E-state index in [9.17, 15) is 8.42 Å². The minimum atomic E-state index is -3.28. The summed E-state index contributed by atoms with van der Waals surface area (Å²) in [5.74, 6) is 0.863. The van der Waals surface area contributed by atoms with Crippen LogP contribution in [0, 0.1) is 0 Å². The molecule has 2 heterocycles. The number of aliphatic imine (C=N–C) groups is 1. The Balaban J connectivity index is 0.00000420. The highest BCUT2D eigenvalue weighted by Gasteiger charge is 2.27. The predicted molar refractivity (Wildman–Crippen MR) is 127 cm³/mol. The van der Waals surface area contributed by atoms with E-state index < -0.39 is 10.0 Å². The molecule has 1 aromatic heterocycles. The van der Waals surface area contributed by atoms with Crippen LogP contribution in [-0.4, -0.2) is 86.3 Å². The van der Waals surface area contributed by atoms with Crippen molar-refractivity contribution in [1.82, 2.24) is 19.5 Å². The van der Waals surface area contributed by atoms with Crippen LogP contribution in [0.1, 0.15) is 26.5 Å². The number of halogens is 1. The molecule has 29 heavy (non-hydrogen) atoms. The maximum Gasteiger partial charge on any atom is 0.216 e. The first-order valence-electron chi connectivity index (χ1n) is 9.95. The second kappa shape index (κ2) is 13.3. The number of rotatable bonds is 9. The fourth-order valence-electron chi connectivity index (χ4n) is 2.94. The Labute approximate surface area is 192 Å². The molecular weight excluding hydrogens is 505 g/mol. The van der Waals surface area contributed by atoms with Gasteiger partial charge in [0.1, 0.15) is 0 Å². The third-order valence-electron chi connectivity index (χ3n) is 4.41. The Morgan fingerprint density at radius 2 is 2.00 bits per heavy atom. The maximum absolute atomic E-state index is 12.5. The molecule has 2 rings (SSSR count). The first-order chi connectivity index (χ1) is 13.4. The average Bonchev–Trinajstić information content (AvgIpc) is 2.68. The summed E-state index contributed by atoms with van der Waals surface area (Å²) in [6.07, 6.45) is 2.60. The summed E-state index contributed by atoms with van der Waals surface area (Å²) in [6.45, 7) is 9.67. The smallest absolute Gasteiger partial charge is 0.216 e. The number of guanidine groups is 1. The van der Waals surface area contributed by atoms with Gasteiger partial charge in [0.25, 0.3) is 0 Å². The highest BCUT2D eigenvalue weighted by molar-refractivity contribution is 14.0. The van der Waals surface area contributed by atoms with Crippen molar-refractivity contribution >= 4 is 40.0 Å². The molecule has 0 radical (unpaired) electrons. The normalized spacial score (nSPS) is 16.0. The number of pyridine rings is 1. The van der Waals surface area contributed by atoms with E-state index in [1.54, 1.807) is 10.5 Å². The molecule has 0 aromatic carbocycles. The number of hydrogen-bond donors (Lipinski definition) is 1. The van der Waals surface area contributed by atoms with Gasteiger partial charge in [0.2, 0.25) is 10.0 Å². The third-order valence-corrected chi connectivity index (χ3v) is 6.25. The number of nitrogens with zero attached hydrogens (tertiary/aromatic N) is 4. The monoisotopic (exact) mass is 539 g/mol. The van der Waals surface area contributed by atoms with Gasteiger partial charge >= 0.3 is 0 Å². The van der Waals surface area contributed by atoms with E-state index in [4.69, 9.17) is 9.73 Å². The Morgan fingerprint density at radius 3 is 2.59 bits per heavy atom. The van der Waals surface area contributed by atoms with Gasteiger partial charge in [-0.25, -0.2) is 8.42 Å². The molecule has 10 heteroatoms. The Bertz CT molecular complexity index is 708. The van der Waals surface area contributed by atoms with E-state index in [-0.39, 0.29) is 42.4 Å². The summed E-state index contributed by atoms with van der Waals surface area (Å²) >= 11 is 0. The fraction of sp³-hybridized carbons (Fsp3) is 0.684. The van der Waals surface area contributed by atoms with Crippen molar-refractivity contribution in [2.75, 3.05) is 51.6 Å². The van der Waals surface area contributed by atoms with E-state index in [1.165, 1.54) is 0 Å². The fourth-order valence-corrected chi connectivity index (χ4v) is 4.23. The molecule has 1 N–H and O–H groups in total.